The van der Waals surface area contributed by atoms with Gasteiger partial charge in [0.2, 0.25) is 0 Å². The summed E-state index contributed by atoms with van der Waals surface area (Å²) < 4.78 is 15.5. The van der Waals surface area contributed by atoms with Gasteiger partial charge in [0.05, 0.1) is 33.7 Å². The Morgan fingerprint density at radius 3 is 2.62 bits per heavy atom. The quantitative estimate of drug-likeness (QED) is 0.780. The maximum absolute atomic E-state index is 13.7. The molecule has 108 valence electrons. The number of halogens is 2. The Morgan fingerprint density at radius 2 is 2.00 bits per heavy atom. The van der Waals surface area contributed by atoms with E-state index >= 15 is 0 Å². The first-order chi connectivity index (χ1) is 9.88. The van der Waals surface area contributed by atoms with Crippen LogP contribution in [0, 0.1) is 12.7 Å². The van der Waals surface area contributed by atoms with Crippen molar-refractivity contribution in [1.29, 1.82) is 0 Å². The van der Waals surface area contributed by atoms with Crippen LogP contribution in [-0.2, 0) is 18.4 Å². The van der Waals surface area contributed by atoms with E-state index in [0.717, 1.165) is 11.4 Å². The molecule has 0 radical (unpaired) electrons. The Balaban J connectivity index is 2.05. The number of ketones is 1. The molecule has 1 aliphatic rings. The van der Waals surface area contributed by atoms with Crippen LogP contribution in [0.2, 0.25) is 0 Å². The molecule has 0 bridgehead atoms. The minimum Gasteiger partial charge on any atom is -0.299 e. The lowest BCUT2D eigenvalue weighted by Gasteiger charge is -2.16. The van der Waals surface area contributed by atoms with Gasteiger partial charge in [-0.2, -0.15) is 5.10 Å². The molecule has 0 N–H and O–H groups in total. The average molecular weight is 352 g/mol. The van der Waals surface area contributed by atoms with E-state index in [9.17, 15) is 14.0 Å². The molecule has 1 aromatic heterocycles. The summed E-state index contributed by atoms with van der Waals surface area (Å²) >= 11 is 3.03. The highest BCUT2D eigenvalue weighted by Crippen LogP contribution is 2.34. The van der Waals surface area contributed by atoms with Crippen molar-refractivity contribution in [2.75, 3.05) is 4.90 Å². The summed E-state index contributed by atoms with van der Waals surface area (Å²) in [5.74, 6) is -1.78. The van der Waals surface area contributed by atoms with E-state index < -0.39 is 17.5 Å². The summed E-state index contributed by atoms with van der Waals surface area (Å²) in [6.07, 6.45) is 0. The molecule has 0 spiro atoms. The second kappa shape index (κ2) is 4.77. The second-order valence-electron chi connectivity index (χ2n) is 4.90. The number of aryl methyl sites for hydroxylation is 2. The van der Waals surface area contributed by atoms with Crippen molar-refractivity contribution < 1.29 is 14.0 Å². The number of fused-ring (bicyclic) bond motifs is 1. The molecule has 2 aromatic rings. The predicted molar refractivity (Wildman–Crippen MR) is 77.6 cm³/mol. The SMILES string of the molecule is Cc1cc(CN2C(=O)C(=O)c3cc(Br)c(F)cc32)n(C)n1. The largest absolute Gasteiger partial charge is 0.299 e. The molecule has 0 saturated heterocycles. The molecule has 21 heavy (non-hydrogen) atoms. The van der Waals surface area contributed by atoms with Crippen LogP contribution in [0.5, 0.6) is 0 Å². The minimum absolute atomic E-state index is 0.167. The van der Waals surface area contributed by atoms with E-state index in [2.05, 4.69) is 21.0 Å². The number of amides is 1. The van der Waals surface area contributed by atoms with Crippen molar-refractivity contribution in [1.82, 2.24) is 9.78 Å². The normalized spacial score (nSPS) is 14.0. The maximum atomic E-state index is 13.7. The number of Topliss-reactive ketones (excluding diaryl/α,β-unsaturated/α-hetero) is 1. The van der Waals surface area contributed by atoms with Gasteiger partial charge >= 0.3 is 0 Å². The van der Waals surface area contributed by atoms with Crippen molar-refractivity contribution in [3.8, 4) is 0 Å². The van der Waals surface area contributed by atoms with Crippen molar-refractivity contribution in [3.63, 3.8) is 0 Å². The first-order valence-electron chi connectivity index (χ1n) is 6.23. The fraction of sp³-hybridized carbons (Fsp3) is 0.214. The van der Waals surface area contributed by atoms with E-state index in [-0.39, 0.29) is 16.6 Å². The van der Waals surface area contributed by atoms with Gasteiger partial charge in [0.15, 0.2) is 0 Å². The monoisotopic (exact) mass is 351 g/mol. The molecule has 0 atom stereocenters. The number of hydrogen-bond acceptors (Lipinski definition) is 3. The first-order valence-corrected chi connectivity index (χ1v) is 7.02. The summed E-state index contributed by atoms with van der Waals surface area (Å²) in [6.45, 7) is 2.02. The topological polar surface area (TPSA) is 55.2 Å². The fourth-order valence-corrected chi connectivity index (χ4v) is 2.76. The van der Waals surface area contributed by atoms with Gasteiger partial charge in [-0.3, -0.25) is 19.2 Å². The van der Waals surface area contributed by atoms with Gasteiger partial charge in [-0.15, -0.1) is 0 Å². The zero-order valence-electron chi connectivity index (χ0n) is 11.4. The number of benzene rings is 1. The molecule has 3 rings (SSSR count). The van der Waals surface area contributed by atoms with Crippen LogP contribution >= 0.6 is 15.9 Å². The summed E-state index contributed by atoms with van der Waals surface area (Å²) in [7, 11) is 1.76. The van der Waals surface area contributed by atoms with Crippen LogP contribution in [0.1, 0.15) is 21.7 Å². The lowest BCUT2D eigenvalue weighted by molar-refractivity contribution is -0.114. The number of carbonyl (C=O) groups excluding carboxylic acids is 2. The fourth-order valence-electron chi connectivity index (χ4n) is 2.42. The second-order valence-corrected chi connectivity index (χ2v) is 5.76. The Morgan fingerprint density at radius 1 is 1.29 bits per heavy atom. The molecule has 1 aromatic carbocycles. The molecule has 0 aliphatic carbocycles. The van der Waals surface area contributed by atoms with Gasteiger partial charge in [0, 0.05) is 7.05 Å². The van der Waals surface area contributed by atoms with Crippen LogP contribution in [0.25, 0.3) is 0 Å². The summed E-state index contributed by atoms with van der Waals surface area (Å²) in [6, 6.07) is 4.37. The molecule has 5 nitrogen and oxygen atoms in total. The van der Waals surface area contributed by atoms with Crippen LogP contribution in [0.3, 0.4) is 0 Å². The van der Waals surface area contributed by atoms with Crippen LogP contribution < -0.4 is 4.90 Å². The zero-order valence-corrected chi connectivity index (χ0v) is 12.9. The number of nitrogens with zero attached hydrogens (tertiary/aromatic N) is 3. The third kappa shape index (κ3) is 2.17. The van der Waals surface area contributed by atoms with E-state index in [0.29, 0.717) is 5.69 Å². The standard InChI is InChI=1S/C14H11BrFN3O2/c1-7-3-8(18(2)17-7)6-19-12-5-11(16)10(15)4-9(12)13(20)14(19)21/h3-5H,6H2,1-2H3. The van der Waals surface area contributed by atoms with Crippen molar-refractivity contribution in [2.45, 2.75) is 13.5 Å². The molecule has 7 heteroatoms. The van der Waals surface area contributed by atoms with Crippen molar-refractivity contribution in [3.05, 3.63) is 45.4 Å². The molecular formula is C14H11BrFN3O2. The average Bonchev–Trinajstić information content (AvgIpc) is 2.84. The highest BCUT2D eigenvalue weighted by Gasteiger charge is 2.37. The lowest BCUT2D eigenvalue weighted by atomic mass is 10.1. The van der Waals surface area contributed by atoms with Gasteiger partial charge in [0.1, 0.15) is 5.82 Å². The van der Waals surface area contributed by atoms with Gasteiger partial charge in [-0.1, -0.05) is 0 Å². The highest BCUT2D eigenvalue weighted by atomic mass is 79.9. The molecule has 0 unspecified atom stereocenters. The van der Waals surface area contributed by atoms with E-state index in [1.807, 2.05) is 13.0 Å². The van der Waals surface area contributed by atoms with Gasteiger partial charge in [-0.05, 0) is 41.1 Å². The van der Waals surface area contributed by atoms with Gasteiger partial charge in [0.25, 0.3) is 11.7 Å². The molecule has 0 fully saturated rings. The predicted octanol–water partition coefficient (Wildman–Crippen LogP) is 2.36. The van der Waals surface area contributed by atoms with Gasteiger partial charge < -0.3 is 0 Å². The molecule has 1 amide bonds. The number of rotatable bonds is 2. The van der Waals surface area contributed by atoms with E-state index in [1.54, 1.807) is 11.7 Å². The van der Waals surface area contributed by atoms with Crippen LogP contribution in [0.4, 0.5) is 10.1 Å². The Hall–Kier alpha value is -2.02. The number of hydrogen-bond donors (Lipinski definition) is 0. The first kappa shape index (κ1) is 13.9. The molecular weight excluding hydrogens is 341 g/mol. The Bertz CT molecular complexity index is 785. The Kier molecular flexibility index (Phi) is 3.16. The number of anilines is 1. The highest BCUT2D eigenvalue weighted by molar-refractivity contribution is 9.10. The van der Waals surface area contributed by atoms with Gasteiger partial charge in [-0.25, -0.2) is 4.39 Å². The Labute approximate surface area is 128 Å². The smallest absolute Gasteiger partial charge is 0.299 e. The summed E-state index contributed by atoms with van der Waals surface area (Å²) in [4.78, 5) is 25.4. The molecule has 2 heterocycles. The lowest BCUT2D eigenvalue weighted by Crippen LogP contribution is -2.30. The number of carbonyl (C=O) groups is 2. The number of aromatic nitrogens is 2. The zero-order chi connectivity index (χ0) is 15.3. The van der Waals surface area contributed by atoms with Crippen molar-refractivity contribution in [2.24, 2.45) is 7.05 Å². The molecule has 1 aliphatic heterocycles. The third-order valence-electron chi connectivity index (χ3n) is 3.43. The summed E-state index contributed by atoms with van der Waals surface area (Å²) in [5, 5.41) is 4.20. The minimum atomic E-state index is -0.652. The van der Waals surface area contributed by atoms with E-state index in [4.69, 9.17) is 0 Å². The van der Waals surface area contributed by atoms with E-state index in [1.165, 1.54) is 17.0 Å². The van der Waals surface area contributed by atoms with Crippen molar-refractivity contribution >= 4 is 33.3 Å². The van der Waals surface area contributed by atoms with Crippen LogP contribution in [0.15, 0.2) is 22.7 Å². The molecule has 0 saturated carbocycles. The van der Waals surface area contributed by atoms with Crippen LogP contribution in [-0.4, -0.2) is 21.5 Å². The maximum Gasteiger partial charge on any atom is 0.299 e. The summed E-state index contributed by atoms with van der Waals surface area (Å²) in [5.41, 5.74) is 2.09. The third-order valence-corrected chi connectivity index (χ3v) is 4.04.